The van der Waals surface area contributed by atoms with E-state index in [4.69, 9.17) is 0 Å². The van der Waals surface area contributed by atoms with Crippen molar-refractivity contribution in [3.63, 3.8) is 0 Å². The predicted molar refractivity (Wildman–Crippen MR) is 108 cm³/mol. The molecule has 3 rings (SSSR count). The Morgan fingerprint density at radius 1 is 0.889 bits per heavy atom. The van der Waals surface area contributed by atoms with Gasteiger partial charge in [-0.05, 0) is 56.5 Å². The average Bonchev–Trinajstić information content (AvgIpc) is 2.60. The number of sulfonamides is 1. The molecule has 1 aliphatic rings. The van der Waals surface area contributed by atoms with Gasteiger partial charge in [-0.3, -0.25) is 4.90 Å². The summed E-state index contributed by atoms with van der Waals surface area (Å²) < 4.78 is 27.5. The number of nitrogens with zero attached hydrogens (tertiary/aromatic N) is 2. The van der Waals surface area contributed by atoms with Gasteiger partial charge in [0.05, 0.1) is 4.90 Å². The van der Waals surface area contributed by atoms with Crippen molar-refractivity contribution in [3.8, 4) is 5.75 Å². The zero-order chi connectivity index (χ0) is 19.8. The van der Waals surface area contributed by atoms with E-state index < -0.39 is 10.0 Å². The Morgan fingerprint density at radius 3 is 2.15 bits per heavy atom. The Morgan fingerprint density at radius 2 is 1.52 bits per heavy atom. The summed E-state index contributed by atoms with van der Waals surface area (Å²) in [6, 6.07) is 9.28. The first-order valence-corrected chi connectivity index (χ1v) is 10.7. The molecule has 0 aromatic heterocycles. The van der Waals surface area contributed by atoms with E-state index in [1.54, 1.807) is 16.4 Å². The molecule has 146 valence electrons. The van der Waals surface area contributed by atoms with Crippen molar-refractivity contribution in [1.29, 1.82) is 0 Å². The summed E-state index contributed by atoms with van der Waals surface area (Å²) in [5.74, 6) is 0.309. The molecule has 0 spiro atoms. The van der Waals surface area contributed by atoms with Gasteiger partial charge in [0.15, 0.2) is 0 Å². The number of hydrogen-bond acceptors (Lipinski definition) is 4. The van der Waals surface area contributed by atoms with Crippen LogP contribution in [0.15, 0.2) is 35.2 Å². The Kier molecular flexibility index (Phi) is 5.60. The lowest BCUT2D eigenvalue weighted by Gasteiger charge is -2.34. The van der Waals surface area contributed by atoms with Crippen LogP contribution in [-0.2, 0) is 16.6 Å². The fourth-order valence-corrected chi connectivity index (χ4v) is 5.21. The highest BCUT2D eigenvalue weighted by molar-refractivity contribution is 7.89. The molecule has 2 aromatic carbocycles. The molecule has 1 fully saturated rings. The molecule has 27 heavy (non-hydrogen) atoms. The highest BCUT2D eigenvalue weighted by Crippen LogP contribution is 2.25. The molecule has 2 aromatic rings. The monoisotopic (exact) mass is 388 g/mol. The number of phenols is 1. The van der Waals surface area contributed by atoms with Crippen molar-refractivity contribution in [1.82, 2.24) is 9.21 Å². The quantitative estimate of drug-likeness (QED) is 0.874. The molecule has 0 unspecified atom stereocenters. The summed E-state index contributed by atoms with van der Waals surface area (Å²) >= 11 is 0. The second-order valence-corrected chi connectivity index (χ2v) is 9.42. The third-order valence-corrected chi connectivity index (χ3v) is 7.43. The SMILES string of the molecule is Cc1ccc(S(=O)(=O)N2CCN(Cc3cc(C)c(C)cc3O)CC2)c(C)c1. The summed E-state index contributed by atoms with van der Waals surface area (Å²) in [6.45, 7) is 10.7. The number of aromatic hydroxyl groups is 1. The van der Waals surface area contributed by atoms with Crippen LogP contribution in [0.3, 0.4) is 0 Å². The number of aryl methyl sites for hydroxylation is 4. The average molecular weight is 389 g/mol. The first-order valence-electron chi connectivity index (χ1n) is 9.27. The lowest BCUT2D eigenvalue weighted by atomic mass is 10.0. The van der Waals surface area contributed by atoms with Crippen molar-refractivity contribution in [2.75, 3.05) is 26.2 Å². The van der Waals surface area contributed by atoms with Crippen LogP contribution in [0.1, 0.15) is 27.8 Å². The summed E-state index contributed by atoms with van der Waals surface area (Å²) in [7, 11) is -3.47. The molecule has 0 bridgehead atoms. The second kappa shape index (κ2) is 7.62. The van der Waals surface area contributed by atoms with Crippen LogP contribution in [-0.4, -0.2) is 48.9 Å². The van der Waals surface area contributed by atoms with Gasteiger partial charge in [-0.15, -0.1) is 0 Å². The van der Waals surface area contributed by atoms with Gasteiger partial charge in [0, 0.05) is 38.3 Å². The minimum absolute atomic E-state index is 0.309. The molecule has 0 aliphatic carbocycles. The zero-order valence-corrected chi connectivity index (χ0v) is 17.3. The molecule has 0 saturated carbocycles. The molecule has 1 N–H and O–H groups in total. The maximum Gasteiger partial charge on any atom is 0.243 e. The third-order valence-electron chi connectivity index (χ3n) is 5.37. The fraction of sp³-hybridized carbons (Fsp3) is 0.429. The van der Waals surface area contributed by atoms with Gasteiger partial charge in [0.2, 0.25) is 10.0 Å². The second-order valence-electron chi connectivity index (χ2n) is 7.51. The van der Waals surface area contributed by atoms with Crippen molar-refractivity contribution >= 4 is 10.0 Å². The Balaban J connectivity index is 1.69. The summed E-state index contributed by atoms with van der Waals surface area (Å²) in [6.07, 6.45) is 0. The minimum Gasteiger partial charge on any atom is -0.508 e. The molecule has 1 saturated heterocycles. The number of phenolic OH excluding ortho intramolecular Hbond substituents is 1. The topological polar surface area (TPSA) is 60.9 Å². The van der Waals surface area contributed by atoms with Crippen LogP contribution in [0, 0.1) is 27.7 Å². The summed E-state index contributed by atoms with van der Waals surface area (Å²) in [5.41, 5.74) is 4.96. The Hall–Kier alpha value is -1.89. The minimum atomic E-state index is -3.47. The van der Waals surface area contributed by atoms with Crippen LogP contribution in [0.5, 0.6) is 5.75 Å². The van der Waals surface area contributed by atoms with Crippen molar-refractivity contribution in [2.45, 2.75) is 39.1 Å². The van der Waals surface area contributed by atoms with Gasteiger partial charge < -0.3 is 5.11 Å². The van der Waals surface area contributed by atoms with E-state index in [1.165, 1.54) is 0 Å². The number of benzene rings is 2. The van der Waals surface area contributed by atoms with Gasteiger partial charge in [-0.2, -0.15) is 4.31 Å². The molecule has 0 atom stereocenters. The van der Waals surface area contributed by atoms with E-state index in [1.807, 2.05) is 45.9 Å². The first kappa shape index (κ1) is 19.9. The van der Waals surface area contributed by atoms with Crippen molar-refractivity contribution in [2.24, 2.45) is 0 Å². The highest BCUT2D eigenvalue weighted by atomic mass is 32.2. The van der Waals surface area contributed by atoms with Gasteiger partial charge in [-0.25, -0.2) is 8.42 Å². The van der Waals surface area contributed by atoms with Crippen LogP contribution in [0.25, 0.3) is 0 Å². The van der Waals surface area contributed by atoms with E-state index in [9.17, 15) is 13.5 Å². The van der Waals surface area contributed by atoms with E-state index >= 15 is 0 Å². The zero-order valence-electron chi connectivity index (χ0n) is 16.5. The molecular weight excluding hydrogens is 360 g/mol. The third kappa shape index (κ3) is 4.18. The molecule has 1 heterocycles. The standard InChI is InChI=1S/C21H28N2O3S/c1-15-5-6-21(18(4)11-15)27(25,26)23-9-7-22(8-10-23)14-19-12-16(2)17(3)13-20(19)24/h5-6,11-13,24H,7-10,14H2,1-4H3. The van der Waals surface area contributed by atoms with Crippen LogP contribution in [0.4, 0.5) is 0 Å². The van der Waals surface area contributed by atoms with Gasteiger partial charge in [-0.1, -0.05) is 23.8 Å². The maximum atomic E-state index is 13.0. The fourth-order valence-electron chi connectivity index (χ4n) is 3.58. The number of piperazine rings is 1. The van der Waals surface area contributed by atoms with E-state index in [0.717, 1.165) is 27.8 Å². The Labute approximate surface area is 162 Å². The molecule has 6 heteroatoms. The lowest BCUT2D eigenvalue weighted by Crippen LogP contribution is -2.48. The smallest absolute Gasteiger partial charge is 0.243 e. The van der Waals surface area contributed by atoms with Gasteiger partial charge >= 0.3 is 0 Å². The number of hydrogen-bond donors (Lipinski definition) is 1. The lowest BCUT2D eigenvalue weighted by molar-refractivity contribution is 0.180. The molecule has 1 aliphatic heterocycles. The molecule has 0 amide bonds. The van der Waals surface area contributed by atoms with Crippen molar-refractivity contribution in [3.05, 3.63) is 58.1 Å². The molecule has 0 radical (unpaired) electrons. The van der Waals surface area contributed by atoms with E-state index in [0.29, 0.717) is 43.4 Å². The Bertz CT molecular complexity index is 946. The summed E-state index contributed by atoms with van der Waals surface area (Å²) in [5, 5.41) is 10.2. The first-order chi connectivity index (χ1) is 12.7. The van der Waals surface area contributed by atoms with Crippen molar-refractivity contribution < 1.29 is 13.5 Å². The molecule has 5 nitrogen and oxygen atoms in total. The number of rotatable bonds is 4. The van der Waals surface area contributed by atoms with Gasteiger partial charge in [0.1, 0.15) is 5.75 Å². The largest absolute Gasteiger partial charge is 0.508 e. The molecular formula is C21H28N2O3S. The normalized spacial score (nSPS) is 16.6. The maximum absolute atomic E-state index is 13.0. The highest BCUT2D eigenvalue weighted by Gasteiger charge is 2.29. The van der Waals surface area contributed by atoms with Gasteiger partial charge in [0.25, 0.3) is 0 Å². The van der Waals surface area contributed by atoms with Crippen LogP contribution in [0.2, 0.25) is 0 Å². The van der Waals surface area contributed by atoms with Crippen LogP contribution < -0.4 is 0 Å². The summed E-state index contributed by atoms with van der Waals surface area (Å²) in [4.78, 5) is 2.59. The van der Waals surface area contributed by atoms with E-state index in [-0.39, 0.29) is 0 Å². The van der Waals surface area contributed by atoms with E-state index in [2.05, 4.69) is 4.90 Å². The van der Waals surface area contributed by atoms with Crippen LogP contribution >= 0.6 is 0 Å². The predicted octanol–water partition coefficient (Wildman–Crippen LogP) is 3.13.